The predicted octanol–water partition coefficient (Wildman–Crippen LogP) is 3.33. The van der Waals surface area contributed by atoms with E-state index in [-0.39, 0.29) is 0 Å². The van der Waals surface area contributed by atoms with Crippen molar-refractivity contribution < 1.29 is 9.47 Å². The average Bonchev–Trinajstić information content (AvgIpc) is 2.56. The van der Waals surface area contributed by atoms with Gasteiger partial charge < -0.3 is 14.8 Å². The molecule has 0 fully saturated rings. The Balaban J connectivity index is 1.98. The topological polar surface area (TPSA) is 54.9 Å². The molecule has 0 aliphatic heterocycles. The fourth-order valence-corrected chi connectivity index (χ4v) is 2.14. The SMILES string of the molecule is COc1cccc(/C=N/NC(=S)Nc2ccc(C)cc2)c1OC. The zero-order valence-corrected chi connectivity index (χ0v) is 14.1. The molecular weight excluding hydrogens is 310 g/mol. The molecular formula is C17H19N3O2S. The summed E-state index contributed by atoms with van der Waals surface area (Å²) in [6.45, 7) is 2.03. The standard InChI is InChI=1S/C17H19N3O2S/c1-12-7-9-14(10-8-12)19-17(23)20-18-11-13-5-4-6-15(21-2)16(13)22-3/h4-11H,1-3H3,(H2,19,20,23)/b18-11+. The second-order valence-corrected chi connectivity index (χ2v) is 5.18. The zero-order chi connectivity index (χ0) is 16.7. The van der Waals surface area contributed by atoms with Gasteiger partial charge in [0.2, 0.25) is 0 Å². The highest BCUT2D eigenvalue weighted by molar-refractivity contribution is 7.80. The van der Waals surface area contributed by atoms with E-state index in [9.17, 15) is 0 Å². The minimum atomic E-state index is 0.409. The summed E-state index contributed by atoms with van der Waals surface area (Å²) < 4.78 is 10.6. The fraction of sp³-hybridized carbons (Fsp3) is 0.176. The monoisotopic (exact) mass is 329 g/mol. The van der Waals surface area contributed by atoms with E-state index in [2.05, 4.69) is 15.8 Å². The summed E-state index contributed by atoms with van der Waals surface area (Å²) in [5.74, 6) is 1.27. The lowest BCUT2D eigenvalue weighted by Gasteiger charge is -2.10. The molecule has 120 valence electrons. The number of nitrogens with zero attached hydrogens (tertiary/aromatic N) is 1. The van der Waals surface area contributed by atoms with Gasteiger partial charge in [-0.15, -0.1) is 0 Å². The second kappa shape index (κ2) is 8.14. The normalized spacial score (nSPS) is 10.4. The summed E-state index contributed by atoms with van der Waals surface area (Å²) >= 11 is 5.20. The Morgan fingerprint density at radius 2 is 1.83 bits per heavy atom. The van der Waals surface area contributed by atoms with Gasteiger partial charge in [-0.05, 0) is 43.4 Å². The third-order valence-corrected chi connectivity index (χ3v) is 3.31. The van der Waals surface area contributed by atoms with Crippen LogP contribution >= 0.6 is 12.2 Å². The largest absolute Gasteiger partial charge is 0.493 e. The van der Waals surface area contributed by atoms with Gasteiger partial charge in [-0.1, -0.05) is 23.8 Å². The number of hydrogen-bond donors (Lipinski definition) is 2. The van der Waals surface area contributed by atoms with E-state index in [1.54, 1.807) is 20.4 Å². The van der Waals surface area contributed by atoms with Crippen LogP contribution in [0, 0.1) is 6.92 Å². The number of benzene rings is 2. The maximum absolute atomic E-state index is 5.34. The zero-order valence-electron chi connectivity index (χ0n) is 13.3. The third-order valence-electron chi connectivity index (χ3n) is 3.11. The van der Waals surface area contributed by atoms with Crippen molar-refractivity contribution in [1.29, 1.82) is 0 Å². The molecule has 0 heterocycles. The van der Waals surface area contributed by atoms with Crippen LogP contribution in [0.25, 0.3) is 0 Å². The molecule has 0 radical (unpaired) electrons. The maximum atomic E-state index is 5.34. The minimum absolute atomic E-state index is 0.409. The summed E-state index contributed by atoms with van der Waals surface area (Å²) in [5, 5.41) is 7.59. The first-order valence-electron chi connectivity index (χ1n) is 7.01. The molecule has 0 bridgehead atoms. The highest BCUT2D eigenvalue weighted by Crippen LogP contribution is 2.29. The Morgan fingerprint density at radius 1 is 1.09 bits per heavy atom. The number of methoxy groups -OCH3 is 2. The van der Waals surface area contributed by atoms with E-state index in [1.807, 2.05) is 49.4 Å². The fourth-order valence-electron chi connectivity index (χ4n) is 1.97. The van der Waals surface area contributed by atoms with Crippen molar-refractivity contribution >= 4 is 29.2 Å². The van der Waals surface area contributed by atoms with Gasteiger partial charge in [0.05, 0.1) is 20.4 Å². The van der Waals surface area contributed by atoms with E-state index in [1.165, 1.54) is 5.56 Å². The number of para-hydroxylation sites is 1. The molecule has 0 aliphatic carbocycles. The number of nitrogens with one attached hydrogen (secondary N) is 2. The van der Waals surface area contributed by atoms with Crippen molar-refractivity contribution in [2.75, 3.05) is 19.5 Å². The summed E-state index contributed by atoms with van der Waals surface area (Å²) in [6, 6.07) is 13.5. The molecule has 0 saturated heterocycles. The van der Waals surface area contributed by atoms with Crippen molar-refractivity contribution in [3.63, 3.8) is 0 Å². The lowest BCUT2D eigenvalue weighted by Crippen LogP contribution is -2.23. The number of hydrogen-bond acceptors (Lipinski definition) is 4. The van der Waals surface area contributed by atoms with Gasteiger partial charge in [-0.2, -0.15) is 5.10 Å². The first-order valence-corrected chi connectivity index (χ1v) is 7.42. The van der Waals surface area contributed by atoms with Crippen LogP contribution in [0.5, 0.6) is 11.5 Å². The number of aryl methyl sites for hydroxylation is 1. The Bertz CT molecular complexity index is 699. The van der Waals surface area contributed by atoms with Crippen molar-refractivity contribution in [1.82, 2.24) is 5.43 Å². The molecule has 6 heteroatoms. The van der Waals surface area contributed by atoms with Crippen molar-refractivity contribution in [3.8, 4) is 11.5 Å². The molecule has 2 aromatic carbocycles. The molecule has 0 atom stereocenters. The molecule has 0 amide bonds. The van der Waals surface area contributed by atoms with Gasteiger partial charge in [0.15, 0.2) is 16.6 Å². The predicted molar refractivity (Wildman–Crippen MR) is 97.7 cm³/mol. The molecule has 23 heavy (non-hydrogen) atoms. The van der Waals surface area contributed by atoms with Crippen LogP contribution in [0.2, 0.25) is 0 Å². The van der Waals surface area contributed by atoms with E-state index < -0.39 is 0 Å². The van der Waals surface area contributed by atoms with Gasteiger partial charge in [0.25, 0.3) is 0 Å². The van der Waals surface area contributed by atoms with Crippen LogP contribution in [0.4, 0.5) is 5.69 Å². The molecule has 0 aliphatic rings. The van der Waals surface area contributed by atoms with Crippen molar-refractivity contribution in [2.45, 2.75) is 6.92 Å². The van der Waals surface area contributed by atoms with E-state index in [0.29, 0.717) is 16.6 Å². The quantitative estimate of drug-likeness (QED) is 0.501. The lowest BCUT2D eigenvalue weighted by atomic mass is 10.2. The summed E-state index contributed by atoms with van der Waals surface area (Å²) in [4.78, 5) is 0. The van der Waals surface area contributed by atoms with Crippen LogP contribution in [-0.2, 0) is 0 Å². The van der Waals surface area contributed by atoms with Gasteiger partial charge in [-0.25, -0.2) is 0 Å². The molecule has 2 rings (SSSR count). The Kier molecular flexibility index (Phi) is 5.94. The first kappa shape index (κ1) is 16.8. The van der Waals surface area contributed by atoms with Crippen LogP contribution in [0.15, 0.2) is 47.6 Å². The first-order chi connectivity index (χ1) is 11.1. The van der Waals surface area contributed by atoms with E-state index in [4.69, 9.17) is 21.7 Å². The number of rotatable bonds is 5. The smallest absolute Gasteiger partial charge is 0.191 e. The molecule has 2 aromatic rings. The maximum Gasteiger partial charge on any atom is 0.191 e. The molecule has 0 unspecified atom stereocenters. The summed E-state index contributed by atoms with van der Waals surface area (Å²) in [6.07, 6.45) is 1.63. The van der Waals surface area contributed by atoms with Crippen molar-refractivity contribution in [3.05, 3.63) is 53.6 Å². The van der Waals surface area contributed by atoms with Crippen molar-refractivity contribution in [2.24, 2.45) is 5.10 Å². The second-order valence-electron chi connectivity index (χ2n) is 4.77. The van der Waals surface area contributed by atoms with Crippen LogP contribution in [0.1, 0.15) is 11.1 Å². The number of hydrazone groups is 1. The molecule has 5 nitrogen and oxygen atoms in total. The van der Waals surface area contributed by atoms with E-state index >= 15 is 0 Å². The van der Waals surface area contributed by atoms with Gasteiger partial charge in [-0.3, -0.25) is 5.43 Å². The highest BCUT2D eigenvalue weighted by atomic mass is 32.1. The molecule has 0 aromatic heterocycles. The minimum Gasteiger partial charge on any atom is -0.493 e. The summed E-state index contributed by atoms with van der Waals surface area (Å²) in [5.41, 5.74) is 5.66. The third kappa shape index (κ3) is 4.69. The lowest BCUT2D eigenvalue weighted by molar-refractivity contribution is 0.354. The van der Waals surface area contributed by atoms with Crippen LogP contribution in [-0.4, -0.2) is 25.5 Å². The van der Waals surface area contributed by atoms with Gasteiger partial charge >= 0.3 is 0 Å². The molecule has 2 N–H and O–H groups in total. The Morgan fingerprint density at radius 3 is 2.48 bits per heavy atom. The average molecular weight is 329 g/mol. The van der Waals surface area contributed by atoms with Gasteiger partial charge in [0, 0.05) is 11.3 Å². The Labute approximate surface area is 141 Å². The number of ether oxygens (including phenoxy) is 2. The summed E-state index contributed by atoms with van der Waals surface area (Å²) in [7, 11) is 3.18. The van der Waals surface area contributed by atoms with Gasteiger partial charge in [0.1, 0.15) is 0 Å². The molecule has 0 spiro atoms. The number of anilines is 1. The number of thiocarbonyl (C=S) groups is 1. The van der Waals surface area contributed by atoms with Crippen LogP contribution in [0.3, 0.4) is 0 Å². The Hall–Kier alpha value is -2.60. The van der Waals surface area contributed by atoms with Crippen LogP contribution < -0.4 is 20.2 Å². The molecule has 0 saturated carbocycles. The highest BCUT2D eigenvalue weighted by Gasteiger charge is 2.07. The van der Waals surface area contributed by atoms with E-state index in [0.717, 1.165) is 11.3 Å².